The van der Waals surface area contributed by atoms with Gasteiger partial charge in [0.1, 0.15) is 18.0 Å². The van der Waals surface area contributed by atoms with Crippen LogP contribution in [0.15, 0.2) is 53.0 Å². The van der Waals surface area contributed by atoms with Crippen molar-refractivity contribution in [2.45, 2.75) is 83.1 Å². The molecule has 2 aromatic carbocycles. The van der Waals surface area contributed by atoms with Gasteiger partial charge in [-0.15, -0.1) is 0 Å². The molecule has 6 nitrogen and oxygen atoms in total. The number of nitrogens with zero attached hydrogens (tertiary/aromatic N) is 2. The number of ether oxygens (including phenoxy) is 2. The number of piperazine rings is 1. The summed E-state index contributed by atoms with van der Waals surface area (Å²) in [6.45, 7) is 8.91. The molecule has 1 saturated carbocycles. The Hall–Kier alpha value is -2.09. The van der Waals surface area contributed by atoms with Gasteiger partial charge in [0.15, 0.2) is 0 Å². The van der Waals surface area contributed by atoms with Crippen LogP contribution in [-0.4, -0.2) is 58.4 Å². The van der Waals surface area contributed by atoms with Gasteiger partial charge in [0.25, 0.3) is 0 Å². The molecule has 1 unspecified atom stereocenters. The summed E-state index contributed by atoms with van der Waals surface area (Å²) in [6, 6.07) is 16.5. The van der Waals surface area contributed by atoms with E-state index in [0.717, 1.165) is 60.1 Å². The minimum absolute atomic E-state index is 0.0587. The fourth-order valence-electron chi connectivity index (χ4n) is 5.35. The molecule has 0 aromatic heterocycles. The molecule has 1 saturated heterocycles. The zero-order valence-electron chi connectivity index (χ0n) is 22.4. The molecular weight excluding hydrogens is 532 g/mol. The van der Waals surface area contributed by atoms with Gasteiger partial charge in [-0.3, -0.25) is 4.90 Å². The number of carbonyl (C=O) groups is 1. The Bertz CT molecular complexity index is 1030. The second kappa shape index (κ2) is 12.2. The SMILES string of the molecule is CC(C)(C)OC(=O)N1CCN(C(CC2(O)CCCCC2)c2ccc(OCc3ccccc3)c(Br)c2)CC1. The Balaban J connectivity index is 1.48. The maximum atomic E-state index is 12.6. The molecular formula is C30H41BrN2O4. The van der Waals surface area contributed by atoms with E-state index in [1.807, 2.05) is 45.0 Å². The van der Waals surface area contributed by atoms with Crippen molar-refractivity contribution in [2.75, 3.05) is 26.2 Å². The summed E-state index contributed by atoms with van der Waals surface area (Å²) in [5.74, 6) is 0.803. The molecule has 1 aliphatic carbocycles. The molecule has 2 fully saturated rings. The standard InChI is InChI=1S/C30H41BrN2O4/c1-29(2,3)37-28(34)33-18-16-32(17-19-33)26(21-30(35)14-8-5-9-15-30)24-12-13-27(25(31)20-24)36-22-23-10-6-4-7-11-23/h4,6-7,10-13,20,26,35H,5,8-9,14-19,21-22H2,1-3H3. The van der Waals surface area contributed by atoms with Crippen LogP contribution in [0.5, 0.6) is 5.75 Å². The van der Waals surface area contributed by atoms with E-state index in [1.54, 1.807) is 4.90 Å². The normalized spacial score (nSPS) is 19.3. The second-order valence-electron chi connectivity index (χ2n) is 11.5. The monoisotopic (exact) mass is 572 g/mol. The van der Waals surface area contributed by atoms with Gasteiger partial charge in [-0.1, -0.05) is 55.7 Å². The molecule has 2 aliphatic rings. The van der Waals surface area contributed by atoms with Crippen LogP contribution >= 0.6 is 15.9 Å². The number of rotatable bonds is 7. The second-order valence-corrected chi connectivity index (χ2v) is 12.3. The fraction of sp³-hybridized carbons (Fsp3) is 0.567. The van der Waals surface area contributed by atoms with Crippen molar-refractivity contribution in [2.24, 2.45) is 0 Å². The van der Waals surface area contributed by atoms with Gasteiger partial charge in [-0.2, -0.15) is 0 Å². The van der Waals surface area contributed by atoms with Crippen LogP contribution in [0.2, 0.25) is 0 Å². The van der Waals surface area contributed by atoms with Gasteiger partial charge >= 0.3 is 6.09 Å². The Labute approximate surface area is 230 Å². The summed E-state index contributed by atoms with van der Waals surface area (Å²) >= 11 is 3.73. The van der Waals surface area contributed by atoms with Crippen molar-refractivity contribution in [3.8, 4) is 5.75 Å². The quantitative estimate of drug-likeness (QED) is 0.399. The number of benzene rings is 2. The van der Waals surface area contributed by atoms with Gasteiger partial charge < -0.3 is 19.5 Å². The lowest BCUT2D eigenvalue weighted by Gasteiger charge is -2.43. The third kappa shape index (κ3) is 7.95. The highest BCUT2D eigenvalue weighted by Crippen LogP contribution is 2.40. The average molecular weight is 574 g/mol. The molecule has 37 heavy (non-hydrogen) atoms. The number of hydrogen-bond acceptors (Lipinski definition) is 5. The van der Waals surface area contributed by atoms with Crippen molar-refractivity contribution in [3.05, 3.63) is 64.1 Å². The molecule has 7 heteroatoms. The maximum Gasteiger partial charge on any atom is 0.410 e. The van der Waals surface area contributed by atoms with Crippen molar-refractivity contribution >= 4 is 22.0 Å². The first kappa shape index (κ1) is 27.9. The Morgan fingerprint density at radius 3 is 2.32 bits per heavy atom. The Morgan fingerprint density at radius 1 is 1.03 bits per heavy atom. The molecule has 0 spiro atoms. The van der Waals surface area contributed by atoms with E-state index in [-0.39, 0.29) is 12.1 Å². The van der Waals surface area contributed by atoms with Gasteiger partial charge in [0.05, 0.1) is 10.1 Å². The largest absolute Gasteiger partial charge is 0.488 e. The molecule has 202 valence electrons. The van der Waals surface area contributed by atoms with Crippen LogP contribution in [0, 0.1) is 0 Å². The van der Waals surface area contributed by atoms with Crippen molar-refractivity contribution in [1.82, 2.24) is 9.80 Å². The number of carbonyl (C=O) groups excluding carboxylic acids is 1. The maximum absolute atomic E-state index is 12.6. The van der Waals surface area contributed by atoms with E-state index in [0.29, 0.717) is 26.1 Å². The molecule has 1 amide bonds. The zero-order valence-corrected chi connectivity index (χ0v) is 24.0. The van der Waals surface area contributed by atoms with Crippen LogP contribution in [-0.2, 0) is 11.3 Å². The van der Waals surface area contributed by atoms with E-state index in [4.69, 9.17) is 9.47 Å². The van der Waals surface area contributed by atoms with E-state index in [9.17, 15) is 9.90 Å². The van der Waals surface area contributed by atoms with Crippen LogP contribution < -0.4 is 4.74 Å². The van der Waals surface area contributed by atoms with Crippen LogP contribution in [0.4, 0.5) is 4.79 Å². The van der Waals surface area contributed by atoms with Crippen LogP contribution in [0.1, 0.15) is 76.5 Å². The molecule has 1 N–H and O–H groups in total. The van der Waals surface area contributed by atoms with Crippen molar-refractivity contribution < 1.29 is 19.4 Å². The first-order chi connectivity index (χ1) is 17.6. The predicted octanol–water partition coefficient (Wildman–Crippen LogP) is 6.71. The summed E-state index contributed by atoms with van der Waals surface area (Å²) in [5, 5.41) is 11.5. The van der Waals surface area contributed by atoms with Gasteiger partial charge in [-0.25, -0.2) is 4.79 Å². The molecule has 4 rings (SSSR count). The lowest BCUT2D eigenvalue weighted by atomic mass is 9.79. The van der Waals surface area contributed by atoms with E-state index in [1.165, 1.54) is 6.42 Å². The van der Waals surface area contributed by atoms with E-state index in [2.05, 4.69) is 45.1 Å². The minimum atomic E-state index is -0.653. The third-order valence-electron chi connectivity index (χ3n) is 7.34. The molecule has 0 radical (unpaired) electrons. The molecule has 0 bridgehead atoms. The summed E-state index contributed by atoms with van der Waals surface area (Å²) < 4.78 is 12.6. The lowest BCUT2D eigenvalue weighted by molar-refractivity contribution is -0.0367. The summed E-state index contributed by atoms with van der Waals surface area (Å²) in [4.78, 5) is 16.8. The average Bonchev–Trinajstić information content (AvgIpc) is 2.87. The first-order valence-electron chi connectivity index (χ1n) is 13.5. The third-order valence-corrected chi connectivity index (χ3v) is 7.96. The molecule has 1 aliphatic heterocycles. The molecule has 2 aromatic rings. The number of halogens is 1. The zero-order chi connectivity index (χ0) is 26.5. The van der Waals surface area contributed by atoms with Gasteiger partial charge in [0.2, 0.25) is 0 Å². The Kier molecular flexibility index (Phi) is 9.20. The highest BCUT2D eigenvalue weighted by molar-refractivity contribution is 9.10. The first-order valence-corrected chi connectivity index (χ1v) is 14.3. The number of amides is 1. The van der Waals surface area contributed by atoms with Crippen molar-refractivity contribution in [1.29, 1.82) is 0 Å². The molecule has 1 atom stereocenters. The van der Waals surface area contributed by atoms with E-state index >= 15 is 0 Å². The van der Waals surface area contributed by atoms with Gasteiger partial charge in [-0.05, 0) is 79.2 Å². The lowest BCUT2D eigenvalue weighted by Crippen LogP contribution is -2.51. The minimum Gasteiger partial charge on any atom is -0.488 e. The summed E-state index contributed by atoms with van der Waals surface area (Å²) in [6.07, 6.45) is 5.48. The summed E-state index contributed by atoms with van der Waals surface area (Å²) in [7, 11) is 0. The topological polar surface area (TPSA) is 62.2 Å². The highest BCUT2D eigenvalue weighted by Gasteiger charge is 2.37. The van der Waals surface area contributed by atoms with Gasteiger partial charge in [0, 0.05) is 32.2 Å². The van der Waals surface area contributed by atoms with Crippen LogP contribution in [0.3, 0.4) is 0 Å². The molecule has 1 heterocycles. The Morgan fingerprint density at radius 2 is 1.70 bits per heavy atom. The fourth-order valence-corrected chi connectivity index (χ4v) is 5.86. The predicted molar refractivity (Wildman–Crippen MR) is 150 cm³/mol. The number of hydrogen-bond donors (Lipinski definition) is 1. The van der Waals surface area contributed by atoms with E-state index < -0.39 is 11.2 Å². The van der Waals surface area contributed by atoms with Crippen LogP contribution in [0.25, 0.3) is 0 Å². The van der Waals surface area contributed by atoms with Crippen molar-refractivity contribution in [3.63, 3.8) is 0 Å². The highest BCUT2D eigenvalue weighted by atomic mass is 79.9. The number of aliphatic hydroxyl groups is 1. The summed E-state index contributed by atoms with van der Waals surface area (Å²) in [5.41, 5.74) is 1.13. The smallest absolute Gasteiger partial charge is 0.410 e.